The van der Waals surface area contributed by atoms with Crippen molar-refractivity contribution in [3.05, 3.63) is 30.1 Å². The number of carbonyl (C=O) groups excluding carboxylic acids is 1. The van der Waals surface area contributed by atoms with E-state index in [9.17, 15) is 9.18 Å². The van der Waals surface area contributed by atoms with Gasteiger partial charge in [-0.25, -0.2) is 4.39 Å². The second-order valence-corrected chi connectivity index (χ2v) is 4.00. The highest BCUT2D eigenvalue weighted by molar-refractivity contribution is 5.77. The highest BCUT2D eigenvalue weighted by atomic mass is 19.1. The third kappa shape index (κ3) is 5.14. The molecule has 18 heavy (non-hydrogen) atoms. The Hall–Kier alpha value is -1.62. The van der Waals surface area contributed by atoms with Gasteiger partial charge in [0.25, 0.3) is 0 Å². The fourth-order valence-electron chi connectivity index (χ4n) is 1.43. The van der Waals surface area contributed by atoms with Crippen molar-refractivity contribution in [1.82, 2.24) is 10.2 Å². The van der Waals surface area contributed by atoms with Crippen LogP contribution in [-0.4, -0.2) is 44.6 Å². The molecule has 0 saturated heterocycles. The molecule has 0 aliphatic rings. The third-order valence-electron chi connectivity index (χ3n) is 2.47. The van der Waals surface area contributed by atoms with E-state index in [4.69, 9.17) is 4.74 Å². The molecule has 0 bridgehead atoms. The van der Waals surface area contributed by atoms with Gasteiger partial charge in [0, 0.05) is 13.6 Å². The number of amides is 1. The van der Waals surface area contributed by atoms with Crippen LogP contribution in [0.25, 0.3) is 0 Å². The number of ether oxygens (including phenoxy) is 1. The van der Waals surface area contributed by atoms with Crippen LogP contribution in [-0.2, 0) is 4.79 Å². The fourth-order valence-corrected chi connectivity index (χ4v) is 1.43. The van der Waals surface area contributed by atoms with Crippen molar-refractivity contribution in [3.63, 3.8) is 0 Å². The number of halogens is 1. The lowest BCUT2D eigenvalue weighted by molar-refractivity contribution is -0.128. The summed E-state index contributed by atoms with van der Waals surface area (Å²) in [5.41, 5.74) is 0. The second kappa shape index (κ2) is 7.66. The van der Waals surface area contributed by atoms with Crippen LogP contribution in [0.4, 0.5) is 4.39 Å². The molecular weight excluding hydrogens is 235 g/mol. The lowest BCUT2D eigenvalue weighted by Crippen LogP contribution is -2.35. The highest BCUT2D eigenvalue weighted by Gasteiger charge is 2.06. The van der Waals surface area contributed by atoms with Crippen LogP contribution in [0.2, 0.25) is 0 Å². The van der Waals surface area contributed by atoms with E-state index < -0.39 is 0 Å². The normalized spacial score (nSPS) is 10.2. The summed E-state index contributed by atoms with van der Waals surface area (Å²) >= 11 is 0. The molecule has 1 aromatic rings. The molecule has 0 fully saturated rings. The van der Waals surface area contributed by atoms with Crippen LogP contribution in [0.3, 0.4) is 0 Å². The molecule has 0 saturated carbocycles. The van der Waals surface area contributed by atoms with E-state index >= 15 is 0 Å². The van der Waals surface area contributed by atoms with Gasteiger partial charge < -0.3 is 15.0 Å². The van der Waals surface area contributed by atoms with Crippen LogP contribution < -0.4 is 10.1 Å². The monoisotopic (exact) mass is 254 g/mol. The zero-order chi connectivity index (χ0) is 13.4. The summed E-state index contributed by atoms with van der Waals surface area (Å²) in [5, 5.41) is 2.81. The number of likely N-dealkylation sites (N-methyl/N-ethyl adjacent to an activating group) is 2. The minimum absolute atomic E-state index is 0.0549. The Morgan fingerprint density at radius 1 is 1.39 bits per heavy atom. The van der Waals surface area contributed by atoms with E-state index in [0.717, 1.165) is 6.42 Å². The smallest absolute Gasteiger partial charge is 0.236 e. The number of hydrogen-bond donors (Lipinski definition) is 1. The molecule has 0 heterocycles. The fraction of sp³-hybridized carbons (Fsp3) is 0.462. The number of hydrogen-bond acceptors (Lipinski definition) is 3. The van der Waals surface area contributed by atoms with E-state index in [-0.39, 0.29) is 11.7 Å². The molecule has 5 heteroatoms. The van der Waals surface area contributed by atoms with Gasteiger partial charge >= 0.3 is 0 Å². The zero-order valence-electron chi connectivity index (χ0n) is 10.8. The molecule has 0 spiro atoms. The maximum Gasteiger partial charge on any atom is 0.236 e. The van der Waals surface area contributed by atoms with E-state index in [1.807, 2.05) is 0 Å². The number of rotatable bonds is 7. The Bertz CT molecular complexity index is 368. The first-order chi connectivity index (χ1) is 8.63. The highest BCUT2D eigenvalue weighted by Crippen LogP contribution is 2.11. The van der Waals surface area contributed by atoms with Crippen LogP contribution >= 0.6 is 0 Å². The molecule has 0 unspecified atom stereocenters. The Morgan fingerprint density at radius 2 is 2.06 bits per heavy atom. The maximum atomic E-state index is 12.6. The largest absolute Gasteiger partial charge is 0.494 e. The lowest BCUT2D eigenvalue weighted by atomic mass is 10.3. The summed E-state index contributed by atoms with van der Waals surface area (Å²) in [7, 11) is 3.50. The number of carbonyl (C=O) groups is 1. The van der Waals surface area contributed by atoms with Gasteiger partial charge in [-0.05, 0) is 37.7 Å². The van der Waals surface area contributed by atoms with Gasteiger partial charge in [-0.15, -0.1) is 0 Å². The first-order valence-electron chi connectivity index (χ1n) is 5.90. The zero-order valence-corrected chi connectivity index (χ0v) is 10.8. The van der Waals surface area contributed by atoms with Crippen molar-refractivity contribution in [2.45, 2.75) is 6.42 Å². The number of benzene rings is 1. The Balaban J connectivity index is 2.18. The van der Waals surface area contributed by atoms with Crippen molar-refractivity contribution >= 4 is 5.91 Å². The average molecular weight is 254 g/mol. The average Bonchev–Trinajstić information content (AvgIpc) is 2.36. The van der Waals surface area contributed by atoms with Crippen LogP contribution in [0, 0.1) is 5.82 Å². The predicted molar refractivity (Wildman–Crippen MR) is 68.1 cm³/mol. The molecule has 1 aromatic carbocycles. The third-order valence-corrected chi connectivity index (χ3v) is 2.47. The van der Waals surface area contributed by atoms with E-state index in [1.54, 1.807) is 31.1 Å². The second-order valence-electron chi connectivity index (χ2n) is 4.00. The van der Waals surface area contributed by atoms with Gasteiger partial charge in [0.05, 0.1) is 13.2 Å². The topological polar surface area (TPSA) is 41.6 Å². The van der Waals surface area contributed by atoms with Gasteiger partial charge in [-0.3, -0.25) is 4.79 Å². The summed E-state index contributed by atoms with van der Waals surface area (Å²) in [6.45, 7) is 1.49. The number of nitrogens with one attached hydrogen (secondary N) is 1. The minimum atomic E-state index is -0.278. The van der Waals surface area contributed by atoms with Crippen LogP contribution in [0.15, 0.2) is 24.3 Å². The summed E-state index contributed by atoms with van der Waals surface area (Å²) in [5.74, 6) is 0.416. The summed E-state index contributed by atoms with van der Waals surface area (Å²) in [6.07, 6.45) is 0.739. The van der Waals surface area contributed by atoms with Gasteiger partial charge in [0.15, 0.2) is 0 Å². The molecule has 0 aliphatic heterocycles. The Labute approximate surface area is 107 Å². The first-order valence-corrected chi connectivity index (χ1v) is 5.90. The lowest BCUT2D eigenvalue weighted by Gasteiger charge is -2.16. The van der Waals surface area contributed by atoms with E-state index in [0.29, 0.717) is 25.4 Å². The van der Waals surface area contributed by atoms with Crippen molar-refractivity contribution in [1.29, 1.82) is 0 Å². The van der Waals surface area contributed by atoms with Gasteiger partial charge in [0.2, 0.25) is 5.91 Å². The molecule has 1 rings (SSSR count). The summed E-state index contributed by atoms with van der Waals surface area (Å²) in [6, 6.07) is 5.90. The quantitative estimate of drug-likeness (QED) is 0.745. The van der Waals surface area contributed by atoms with Crippen LogP contribution in [0.5, 0.6) is 5.75 Å². The van der Waals surface area contributed by atoms with Crippen molar-refractivity contribution in [2.24, 2.45) is 0 Å². The molecule has 1 amide bonds. The Kier molecular flexibility index (Phi) is 6.14. The van der Waals surface area contributed by atoms with Gasteiger partial charge in [-0.1, -0.05) is 0 Å². The van der Waals surface area contributed by atoms with E-state index in [1.165, 1.54) is 12.1 Å². The molecule has 4 nitrogen and oxygen atoms in total. The van der Waals surface area contributed by atoms with E-state index in [2.05, 4.69) is 5.32 Å². The summed E-state index contributed by atoms with van der Waals surface area (Å²) < 4.78 is 18.1. The Morgan fingerprint density at radius 3 is 2.67 bits per heavy atom. The van der Waals surface area contributed by atoms with Crippen molar-refractivity contribution in [2.75, 3.05) is 33.8 Å². The molecule has 100 valence electrons. The van der Waals surface area contributed by atoms with Crippen molar-refractivity contribution in [3.8, 4) is 5.75 Å². The molecular formula is C13H19FN2O2. The summed E-state index contributed by atoms with van der Waals surface area (Å²) in [4.78, 5) is 13.1. The standard InChI is InChI=1S/C13H19FN2O2/c1-15-10-13(17)16(2)8-3-9-18-12-6-4-11(14)5-7-12/h4-7,15H,3,8-10H2,1-2H3. The van der Waals surface area contributed by atoms with Gasteiger partial charge in [0.1, 0.15) is 11.6 Å². The molecule has 0 atom stereocenters. The molecule has 0 aromatic heterocycles. The molecule has 1 N–H and O–H groups in total. The van der Waals surface area contributed by atoms with Crippen LogP contribution in [0.1, 0.15) is 6.42 Å². The van der Waals surface area contributed by atoms with Gasteiger partial charge in [-0.2, -0.15) is 0 Å². The molecule has 0 aliphatic carbocycles. The maximum absolute atomic E-state index is 12.6. The first kappa shape index (κ1) is 14.4. The minimum Gasteiger partial charge on any atom is -0.494 e. The SMILES string of the molecule is CNCC(=O)N(C)CCCOc1ccc(F)cc1. The number of nitrogens with zero attached hydrogens (tertiary/aromatic N) is 1. The molecule has 0 radical (unpaired) electrons. The van der Waals surface area contributed by atoms with Crippen molar-refractivity contribution < 1.29 is 13.9 Å². The predicted octanol–water partition coefficient (Wildman–Crippen LogP) is 1.27.